The number of nitrogens with zero attached hydrogens (tertiary/aromatic N) is 1. The summed E-state index contributed by atoms with van der Waals surface area (Å²) in [5.74, 6) is 0. The largest absolute Gasteiger partial charge is 0.456 e. The van der Waals surface area contributed by atoms with E-state index in [1.165, 1.54) is 70.4 Å². The lowest BCUT2D eigenvalue weighted by Crippen LogP contribution is -2.10. The molecule has 0 saturated carbocycles. The van der Waals surface area contributed by atoms with Gasteiger partial charge in [0.05, 0.1) is 0 Å². The minimum absolute atomic E-state index is 0.919. The Morgan fingerprint density at radius 1 is 0.308 bits per heavy atom. The minimum atomic E-state index is 0.919. The van der Waals surface area contributed by atoms with Crippen LogP contribution in [0.1, 0.15) is 0 Å². The molecule has 11 rings (SSSR count). The SMILES string of the molecule is c1cc(-c2cccc3c4ccc5oc6ccccc6c5c4c4ccccc4c23)cc(N(c2ccc3ccccc3c2)c2ccc3ccccc3c2)c1. The van der Waals surface area contributed by atoms with Crippen LogP contribution in [0.5, 0.6) is 0 Å². The van der Waals surface area contributed by atoms with E-state index >= 15 is 0 Å². The summed E-state index contributed by atoms with van der Waals surface area (Å²) < 4.78 is 6.37. The molecule has 52 heavy (non-hydrogen) atoms. The molecule has 2 heteroatoms. The standard InChI is InChI=1S/C50H31NO/c1-3-13-34-29-38(25-23-32(34)11-1)51(39-26-24-33-12-2-4-14-35(33)30-39)37-16-9-15-36(31-37)40-20-10-21-42-44-27-28-47-50(45-19-7-8-22-46(45)52-47)49(44)43-18-6-5-17-41(43)48(40)42/h1-31H. The number of fused-ring (bicyclic) bond motifs is 12. The third-order valence-electron chi connectivity index (χ3n) is 10.8. The fourth-order valence-corrected chi connectivity index (χ4v) is 8.44. The van der Waals surface area contributed by atoms with Gasteiger partial charge in [-0.2, -0.15) is 0 Å². The van der Waals surface area contributed by atoms with E-state index in [0.717, 1.165) is 33.6 Å². The molecule has 0 radical (unpaired) electrons. The molecule has 0 unspecified atom stereocenters. The summed E-state index contributed by atoms with van der Waals surface area (Å²) in [6.07, 6.45) is 0. The molecule has 0 atom stereocenters. The van der Waals surface area contributed by atoms with Crippen molar-refractivity contribution in [2.45, 2.75) is 0 Å². The van der Waals surface area contributed by atoms with Gasteiger partial charge in [-0.15, -0.1) is 0 Å². The zero-order chi connectivity index (χ0) is 34.2. The molecule has 0 aliphatic heterocycles. The lowest BCUT2D eigenvalue weighted by Gasteiger charge is -2.27. The molecule has 0 saturated heterocycles. The summed E-state index contributed by atoms with van der Waals surface area (Å²) in [6.45, 7) is 0. The Hall–Kier alpha value is -6.90. The molecular weight excluding hydrogens is 631 g/mol. The third-order valence-corrected chi connectivity index (χ3v) is 10.8. The summed E-state index contributed by atoms with van der Waals surface area (Å²) in [7, 11) is 0. The van der Waals surface area contributed by atoms with E-state index in [9.17, 15) is 0 Å². The van der Waals surface area contributed by atoms with Crippen LogP contribution in [0.25, 0.3) is 86.9 Å². The highest BCUT2D eigenvalue weighted by molar-refractivity contribution is 6.36. The van der Waals surface area contributed by atoms with Gasteiger partial charge in [0.2, 0.25) is 0 Å². The van der Waals surface area contributed by atoms with Crippen molar-refractivity contribution in [2.75, 3.05) is 4.90 Å². The fourth-order valence-electron chi connectivity index (χ4n) is 8.44. The van der Waals surface area contributed by atoms with Gasteiger partial charge in [0.15, 0.2) is 0 Å². The molecule has 0 aliphatic carbocycles. The summed E-state index contributed by atoms with van der Waals surface area (Å²) in [5, 5.41) is 14.7. The number of anilines is 3. The first-order chi connectivity index (χ1) is 25.8. The average molecular weight is 662 g/mol. The highest BCUT2D eigenvalue weighted by atomic mass is 16.3. The zero-order valence-electron chi connectivity index (χ0n) is 28.3. The Morgan fingerprint density at radius 3 is 1.56 bits per heavy atom. The highest BCUT2D eigenvalue weighted by Gasteiger charge is 2.19. The summed E-state index contributed by atoms with van der Waals surface area (Å²) >= 11 is 0. The van der Waals surface area contributed by atoms with Gasteiger partial charge in [-0.3, -0.25) is 0 Å². The molecule has 0 fully saturated rings. The number of benzene rings is 10. The van der Waals surface area contributed by atoms with E-state index in [2.05, 4.69) is 187 Å². The molecule has 10 aromatic carbocycles. The van der Waals surface area contributed by atoms with Crippen LogP contribution in [-0.4, -0.2) is 0 Å². The van der Waals surface area contributed by atoms with E-state index in [1.807, 2.05) is 6.07 Å². The summed E-state index contributed by atoms with van der Waals surface area (Å²) in [4.78, 5) is 2.39. The Kier molecular flexibility index (Phi) is 6.28. The quantitative estimate of drug-likeness (QED) is 0.175. The Labute approximate surface area is 300 Å². The first-order valence-corrected chi connectivity index (χ1v) is 17.8. The van der Waals surface area contributed by atoms with Gasteiger partial charge in [-0.25, -0.2) is 0 Å². The van der Waals surface area contributed by atoms with E-state index < -0.39 is 0 Å². The number of furan rings is 1. The summed E-state index contributed by atoms with van der Waals surface area (Å²) in [6, 6.07) is 68.1. The molecule has 0 amide bonds. The number of para-hydroxylation sites is 1. The smallest absolute Gasteiger partial charge is 0.136 e. The van der Waals surface area contributed by atoms with Gasteiger partial charge in [0, 0.05) is 33.2 Å². The third kappa shape index (κ3) is 4.38. The maximum Gasteiger partial charge on any atom is 0.136 e. The predicted molar refractivity (Wildman–Crippen MR) is 221 cm³/mol. The first kappa shape index (κ1) is 28.9. The van der Waals surface area contributed by atoms with Crippen LogP contribution in [0.3, 0.4) is 0 Å². The van der Waals surface area contributed by atoms with Gasteiger partial charge < -0.3 is 9.32 Å². The van der Waals surface area contributed by atoms with Crippen LogP contribution in [0.4, 0.5) is 17.1 Å². The van der Waals surface area contributed by atoms with Crippen molar-refractivity contribution in [3.63, 3.8) is 0 Å². The van der Waals surface area contributed by atoms with Crippen molar-refractivity contribution < 1.29 is 4.42 Å². The lowest BCUT2D eigenvalue weighted by molar-refractivity contribution is 0.669. The molecule has 0 bridgehead atoms. The summed E-state index contributed by atoms with van der Waals surface area (Å²) in [5.41, 5.74) is 7.58. The molecule has 11 aromatic rings. The Bertz CT molecular complexity index is 3100. The number of rotatable bonds is 4. The second-order valence-corrected chi connectivity index (χ2v) is 13.7. The second-order valence-electron chi connectivity index (χ2n) is 13.7. The first-order valence-electron chi connectivity index (χ1n) is 17.8. The molecule has 0 spiro atoms. The van der Waals surface area contributed by atoms with Gasteiger partial charge in [-0.1, -0.05) is 133 Å². The topological polar surface area (TPSA) is 16.4 Å². The van der Waals surface area contributed by atoms with Gasteiger partial charge in [0.25, 0.3) is 0 Å². The van der Waals surface area contributed by atoms with Gasteiger partial charge in [-0.05, 0) is 114 Å². The van der Waals surface area contributed by atoms with Gasteiger partial charge >= 0.3 is 0 Å². The van der Waals surface area contributed by atoms with Crippen LogP contribution in [0.2, 0.25) is 0 Å². The van der Waals surface area contributed by atoms with E-state index in [0.29, 0.717) is 0 Å². The van der Waals surface area contributed by atoms with Crippen molar-refractivity contribution in [3.8, 4) is 11.1 Å². The van der Waals surface area contributed by atoms with Crippen LogP contribution in [-0.2, 0) is 0 Å². The molecule has 0 N–H and O–H groups in total. The molecule has 0 aliphatic rings. The van der Waals surface area contributed by atoms with Crippen LogP contribution in [0, 0.1) is 0 Å². The molecule has 1 aromatic heterocycles. The van der Waals surface area contributed by atoms with Crippen LogP contribution >= 0.6 is 0 Å². The number of hydrogen-bond acceptors (Lipinski definition) is 2. The molecule has 2 nitrogen and oxygen atoms in total. The van der Waals surface area contributed by atoms with Crippen LogP contribution < -0.4 is 4.90 Å². The van der Waals surface area contributed by atoms with Crippen molar-refractivity contribution in [1.29, 1.82) is 0 Å². The second kappa shape index (κ2) is 11.3. The Balaban J connectivity index is 1.17. The Morgan fingerprint density at radius 2 is 0.846 bits per heavy atom. The molecule has 1 heterocycles. The minimum Gasteiger partial charge on any atom is -0.456 e. The monoisotopic (exact) mass is 661 g/mol. The fraction of sp³-hybridized carbons (Fsp3) is 0. The molecule has 242 valence electrons. The highest BCUT2D eigenvalue weighted by Crippen LogP contribution is 2.46. The van der Waals surface area contributed by atoms with Crippen LogP contribution in [0.15, 0.2) is 192 Å². The number of hydrogen-bond donors (Lipinski definition) is 0. The van der Waals surface area contributed by atoms with Crippen molar-refractivity contribution >= 4 is 92.9 Å². The lowest BCUT2D eigenvalue weighted by atomic mass is 9.88. The van der Waals surface area contributed by atoms with Crippen molar-refractivity contribution in [2.24, 2.45) is 0 Å². The van der Waals surface area contributed by atoms with Gasteiger partial charge in [0.1, 0.15) is 11.2 Å². The normalized spacial score (nSPS) is 11.8. The average Bonchev–Trinajstić information content (AvgIpc) is 3.60. The van der Waals surface area contributed by atoms with Crippen molar-refractivity contribution in [3.05, 3.63) is 188 Å². The van der Waals surface area contributed by atoms with E-state index in [4.69, 9.17) is 4.42 Å². The van der Waals surface area contributed by atoms with E-state index in [-0.39, 0.29) is 0 Å². The maximum atomic E-state index is 6.37. The van der Waals surface area contributed by atoms with E-state index in [1.54, 1.807) is 0 Å². The molecular formula is C50H31NO. The zero-order valence-corrected chi connectivity index (χ0v) is 28.3. The maximum absolute atomic E-state index is 6.37. The van der Waals surface area contributed by atoms with Crippen molar-refractivity contribution in [1.82, 2.24) is 0 Å². The predicted octanol–water partition coefficient (Wildman–Crippen LogP) is 14.5.